The number of nitrogens with zero attached hydrogens (tertiary/aromatic N) is 2. The van der Waals surface area contributed by atoms with Crippen LogP contribution in [-0.2, 0) is 4.79 Å². The van der Waals surface area contributed by atoms with Gasteiger partial charge in [-0.05, 0) is 38.0 Å². The molecule has 5 nitrogen and oxygen atoms in total. The predicted molar refractivity (Wildman–Crippen MR) is 103 cm³/mol. The Kier molecular flexibility index (Phi) is 8.19. The van der Waals surface area contributed by atoms with Crippen LogP contribution in [0.25, 0.3) is 0 Å². The maximum atomic E-state index is 12.6. The van der Waals surface area contributed by atoms with Crippen LogP contribution >= 0.6 is 24.0 Å². The molecule has 7 heteroatoms. The summed E-state index contributed by atoms with van der Waals surface area (Å²) in [6.45, 7) is 6.10. The molecular formula is C18H27Cl2N3O2. The summed E-state index contributed by atoms with van der Waals surface area (Å²) in [6, 6.07) is 6.96. The zero-order valence-electron chi connectivity index (χ0n) is 14.8. The standard InChI is InChI=1S/C18H26ClN3O2.ClH/c1-3-8-18(2,20)17(24)22-10-5-9-21(11-12-22)16(23)14-6-4-7-15(19)13-14;/h4,6-7,13H,3,5,8-12,20H2,1-2H3;1H. The van der Waals surface area contributed by atoms with Crippen LogP contribution in [0, 0.1) is 0 Å². The number of hydrogen-bond donors (Lipinski definition) is 1. The molecule has 1 aromatic rings. The molecule has 2 rings (SSSR count). The van der Waals surface area contributed by atoms with Gasteiger partial charge in [-0.2, -0.15) is 0 Å². The van der Waals surface area contributed by atoms with Gasteiger partial charge in [0.15, 0.2) is 0 Å². The van der Waals surface area contributed by atoms with E-state index in [1.54, 1.807) is 41.0 Å². The molecule has 1 heterocycles. The van der Waals surface area contributed by atoms with Crippen LogP contribution in [0.4, 0.5) is 0 Å². The molecule has 2 amide bonds. The highest BCUT2D eigenvalue weighted by atomic mass is 35.5. The molecule has 0 radical (unpaired) electrons. The summed E-state index contributed by atoms with van der Waals surface area (Å²) in [7, 11) is 0. The molecule has 1 atom stereocenters. The minimum atomic E-state index is -0.832. The molecule has 1 aliphatic heterocycles. The summed E-state index contributed by atoms with van der Waals surface area (Å²) >= 11 is 5.97. The Morgan fingerprint density at radius 2 is 1.84 bits per heavy atom. The number of benzene rings is 1. The molecule has 0 saturated carbocycles. The smallest absolute Gasteiger partial charge is 0.253 e. The number of carbonyl (C=O) groups is 2. The van der Waals surface area contributed by atoms with E-state index in [9.17, 15) is 9.59 Å². The minimum absolute atomic E-state index is 0. The molecule has 140 valence electrons. The molecular weight excluding hydrogens is 361 g/mol. The summed E-state index contributed by atoms with van der Waals surface area (Å²) < 4.78 is 0. The molecule has 0 bridgehead atoms. The zero-order chi connectivity index (χ0) is 17.7. The minimum Gasteiger partial charge on any atom is -0.339 e. The molecule has 2 N–H and O–H groups in total. The first-order valence-electron chi connectivity index (χ1n) is 8.48. The van der Waals surface area contributed by atoms with E-state index < -0.39 is 5.54 Å². The average molecular weight is 388 g/mol. The topological polar surface area (TPSA) is 66.6 Å². The molecule has 25 heavy (non-hydrogen) atoms. The zero-order valence-corrected chi connectivity index (χ0v) is 16.4. The second-order valence-corrected chi connectivity index (χ2v) is 7.05. The van der Waals surface area contributed by atoms with Crippen molar-refractivity contribution in [2.75, 3.05) is 26.2 Å². The fraction of sp³-hybridized carbons (Fsp3) is 0.556. The largest absolute Gasteiger partial charge is 0.339 e. The van der Waals surface area contributed by atoms with E-state index >= 15 is 0 Å². The summed E-state index contributed by atoms with van der Waals surface area (Å²) in [5, 5.41) is 0.547. The van der Waals surface area contributed by atoms with Gasteiger partial charge in [-0.25, -0.2) is 0 Å². The van der Waals surface area contributed by atoms with Crippen molar-refractivity contribution in [1.29, 1.82) is 0 Å². The number of carbonyl (C=O) groups excluding carboxylic acids is 2. The molecule has 1 saturated heterocycles. The van der Waals surface area contributed by atoms with Crippen molar-refractivity contribution >= 4 is 35.8 Å². The van der Waals surface area contributed by atoms with Gasteiger partial charge in [0.1, 0.15) is 0 Å². The molecule has 0 spiro atoms. The van der Waals surface area contributed by atoms with Gasteiger partial charge >= 0.3 is 0 Å². The number of rotatable bonds is 4. The summed E-state index contributed by atoms with van der Waals surface area (Å²) in [5.74, 6) is -0.0720. The van der Waals surface area contributed by atoms with Gasteiger partial charge in [0.2, 0.25) is 5.91 Å². The van der Waals surface area contributed by atoms with Crippen LogP contribution in [0.15, 0.2) is 24.3 Å². The van der Waals surface area contributed by atoms with E-state index in [1.165, 1.54) is 0 Å². The van der Waals surface area contributed by atoms with Gasteiger partial charge in [0, 0.05) is 36.8 Å². The summed E-state index contributed by atoms with van der Waals surface area (Å²) in [6.07, 6.45) is 2.28. The first kappa shape index (κ1) is 21.7. The van der Waals surface area contributed by atoms with Gasteiger partial charge in [0.25, 0.3) is 5.91 Å². The highest BCUT2D eigenvalue weighted by Crippen LogP contribution is 2.17. The van der Waals surface area contributed by atoms with Crippen molar-refractivity contribution in [3.8, 4) is 0 Å². The molecule has 1 aliphatic rings. The van der Waals surface area contributed by atoms with Crippen LogP contribution in [0.1, 0.15) is 43.5 Å². The molecule has 1 fully saturated rings. The lowest BCUT2D eigenvalue weighted by Crippen LogP contribution is -2.54. The van der Waals surface area contributed by atoms with Crippen LogP contribution in [0.5, 0.6) is 0 Å². The lowest BCUT2D eigenvalue weighted by Gasteiger charge is -2.31. The van der Waals surface area contributed by atoms with Crippen molar-refractivity contribution in [2.24, 2.45) is 5.73 Å². The van der Waals surface area contributed by atoms with E-state index in [0.29, 0.717) is 43.2 Å². The Bertz CT molecular complexity index is 608. The molecule has 1 unspecified atom stereocenters. The van der Waals surface area contributed by atoms with E-state index in [1.807, 2.05) is 6.92 Å². The van der Waals surface area contributed by atoms with E-state index in [4.69, 9.17) is 17.3 Å². The van der Waals surface area contributed by atoms with E-state index in [-0.39, 0.29) is 24.2 Å². The van der Waals surface area contributed by atoms with E-state index in [2.05, 4.69) is 0 Å². The highest BCUT2D eigenvalue weighted by Gasteiger charge is 2.33. The second-order valence-electron chi connectivity index (χ2n) is 6.62. The average Bonchev–Trinajstić information content (AvgIpc) is 2.79. The van der Waals surface area contributed by atoms with Gasteiger partial charge in [0.05, 0.1) is 5.54 Å². The fourth-order valence-corrected chi connectivity index (χ4v) is 3.31. The SMILES string of the molecule is CCCC(C)(N)C(=O)N1CCCN(C(=O)c2cccc(Cl)c2)CC1.Cl. The quantitative estimate of drug-likeness (QED) is 0.863. The number of nitrogens with two attached hydrogens (primary N) is 1. The maximum absolute atomic E-state index is 12.6. The van der Waals surface area contributed by atoms with Crippen molar-refractivity contribution in [3.05, 3.63) is 34.9 Å². The Hall–Kier alpha value is -1.30. The van der Waals surface area contributed by atoms with Gasteiger partial charge in [-0.15, -0.1) is 12.4 Å². The molecule has 0 aliphatic carbocycles. The molecule has 1 aromatic carbocycles. The Morgan fingerprint density at radius 1 is 1.20 bits per heavy atom. The van der Waals surface area contributed by atoms with E-state index in [0.717, 1.165) is 12.8 Å². The predicted octanol–water partition coefficient (Wildman–Crippen LogP) is 2.95. The van der Waals surface area contributed by atoms with Gasteiger partial charge in [-0.3, -0.25) is 9.59 Å². The third-order valence-corrected chi connectivity index (χ3v) is 4.63. The fourth-order valence-electron chi connectivity index (χ4n) is 3.12. The first-order valence-corrected chi connectivity index (χ1v) is 8.86. The summed E-state index contributed by atoms with van der Waals surface area (Å²) in [5.41, 5.74) is 5.92. The normalized spacial score (nSPS) is 17.3. The van der Waals surface area contributed by atoms with Crippen LogP contribution in [0.2, 0.25) is 5.02 Å². The monoisotopic (exact) mass is 387 g/mol. The maximum Gasteiger partial charge on any atom is 0.253 e. The number of hydrogen-bond acceptors (Lipinski definition) is 3. The lowest BCUT2D eigenvalue weighted by molar-refractivity contribution is -0.136. The third-order valence-electron chi connectivity index (χ3n) is 4.40. The van der Waals surface area contributed by atoms with Crippen LogP contribution < -0.4 is 5.73 Å². The Balaban J connectivity index is 0.00000312. The van der Waals surface area contributed by atoms with Gasteiger partial charge < -0.3 is 15.5 Å². The van der Waals surface area contributed by atoms with Crippen molar-refractivity contribution in [2.45, 2.75) is 38.6 Å². The second kappa shape index (κ2) is 9.41. The highest BCUT2D eigenvalue weighted by molar-refractivity contribution is 6.30. The van der Waals surface area contributed by atoms with Crippen LogP contribution in [-0.4, -0.2) is 53.3 Å². The third kappa shape index (κ3) is 5.59. The van der Waals surface area contributed by atoms with Crippen molar-refractivity contribution in [1.82, 2.24) is 9.80 Å². The Morgan fingerprint density at radius 3 is 2.48 bits per heavy atom. The van der Waals surface area contributed by atoms with Crippen molar-refractivity contribution < 1.29 is 9.59 Å². The number of halogens is 2. The lowest BCUT2D eigenvalue weighted by atomic mass is 9.95. The van der Waals surface area contributed by atoms with Crippen molar-refractivity contribution in [3.63, 3.8) is 0 Å². The van der Waals surface area contributed by atoms with Crippen LogP contribution in [0.3, 0.4) is 0 Å². The Labute approximate surface area is 160 Å². The number of amides is 2. The van der Waals surface area contributed by atoms with Gasteiger partial charge in [-0.1, -0.05) is 31.0 Å². The summed E-state index contributed by atoms with van der Waals surface area (Å²) in [4.78, 5) is 28.8. The molecule has 0 aromatic heterocycles. The first-order chi connectivity index (χ1) is 11.3.